The summed E-state index contributed by atoms with van der Waals surface area (Å²) in [7, 11) is 0. The average molecular weight is 391 g/mol. The van der Waals surface area contributed by atoms with Crippen LogP contribution in [-0.4, -0.2) is 46.7 Å². The summed E-state index contributed by atoms with van der Waals surface area (Å²) in [4.78, 5) is 40.7. The molecule has 2 aliphatic heterocycles. The fourth-order valence-electron chi connectivity index (χ4n) is 4.01. The lowest BCUT2D eigenvalue weighted by Crippen LogP contribution is -2.56. The van der Waals surface area contributed by atoms with Crippen molar-refractivity contribution in [3.05, 3.63) is 65.2 Å². The highest BCUT2D eigenvalue weighted by molar-refractivity contribution is 6.04. The van der Waals surface area contributed by atoms with Gasteiger partial charge in [-0.15, -0.1) is 0 Å². The van der Waals surface area contributed by atoms with Crippen molar-refractivity contribution in [1.82, 2.24) is 9.80 Å². The van der Waals surface area contributed by atoms with Crippen molar-refractivity contribution in [2.75, 3.05) is 18.4 Å². The summed E-state index contributed by atoms with van der Waals surface area (Å²) in [5, 5.41) is 2.89. The normalized spacial score (nSPS) is 18.7. The number of rotatable bonds is 5. The first kappa shape index (κ1) is 19.2. The highest BCUT2D eigenvalue weighted by atomic mass is 16.2. The fourth-order valence-corrected chi connectivity index (χ4v) is 4.01. The van der Waals surface area contributed by atoms with Crippen molar-refractivity contribution < 1.29 is 14.4 Å². The van der Waals surface area contributed by atoms with E-state index in [1.54, 1.807) is 21.9 Å². The van der Waals surface area contributed by atoms with Crippen LogP contribution in [0.15, 0.2) is 48.5 Å². The molecule has 2 aliphatic rings. The third-order valence-electron chi connectivity index (χ3n) is 5.71. The summed E-state index contributed by atoms with van der Waals surface area (Å²) in [5.74, 6) is -0.122. The molecule has 0 spiro atoms. The Bertz CT molecular complexity index is 921. The molecule has 1 N–H and O–H groups in total. The van der Waals surface area contributed by atoms with Crippen LogP contribution in [0.4, 0.5) is 5.69 Å². The van der Waals surface area contributed by atoms with Gasteiger partial charge in [0.25, 0.3) is 5.91 Å². The molecule has 0 bridgehead atoms. The number of amides is 3. The number of piperazine rings is 1. The van der Waals surface area contributed by atoms with Gasteiger partial charge in [-0.05, 0) is 54.7 Å². The maximum atomic E-state index is 12.6. The smallest absolute Gasteiger partial charge is 0.255 e. The van der Waals surface area contributed by atoms with Crippen LogP contribution in [0, 0.1) is 0 Å². The maximum absolute atomic E-state index is 12.6. The van der Waals surface area contributed by atoms with Gasteiger partial charge in [0.1, 0.15) is 12.6 Å². The van der Waals surface area contributed by atoms with Crippen LogP contribution in [0.5, 0.6) is 0 Å². The van der Waals surface area contributed by atoms with Crippen LogP contribution < -0.4 is 5.32 Å². The summed E-state index contributed by atoms with van der Waals surface area (Å²) in [6, 6.07) is 14.7. The zero-order valence-corrected chi connectivity index (χ0v) is 16.6. The zero-order chi connectivity index (χ0) is 20.4. The largest absolute Gasteiger partial charge is 0.329 e. The molecule has 0 aliphatic carbocycles. The van der Waals surface area contributed by atoms with Crippen molar-refractivity contribution in [3.8, 4) is 0 Å². The van der Waals surface area contributed by atoms with E-state index in [1.165, 1.54) is 5.56 Å². The molecule has 2 aromatic carbocycles. The van der Waals surface area contributed by atoms with Crippen molar-refractivity contribution in [2.45, 2.75) is 38.8 Å². The van der Waals surface area contributed by atoms with Gasteiger partial charge < -0.3 is 15.1 Å². The quantitative estimate of drug-likeness (QED) is 0.852. The lowest BCUT2D eigenvalue weighted by molar-refractivity contribution is -0.154. The van der Waals surface area contributed by atoms with Crippen LogP contribution >= 0.6 is 0 Å². The van der Waals surface area contributed by atoms with E-state index >= 15 is 0 Å². The molecule has 150 valence electrons. The molecule has 0 unspecified atom stereocenters. The van der Waals surface area contributed by atoms with E-state index in [1.807, 2.05) is 36.4 Å². The SMILES string of the molecule is CCc1ccc(NC(=O)c2ccc(CN3CC(=O)N4CCC[C@@H]4C3=O)cc2)cc1. The number of benzene rings is 2. The van der Waals surface area contributed by atoms with Gasteiger partial charge in [0.2, 0.25) is 11.8 Å². The number of aryl methyl sites for hydroxylation is 1. The van der Waals surface area contributed by atoms with Crippen LogP contribution in [-0.2, 0) is 22.6 Å². The fraction of sp³-hybridized carbons (Fsp3) is 0.348. The number of carbonyl (C=O) groups excluding carboxylic acids is 3. The Morgan fingerprint density at radius 3 is 2.41 bits per heavy atom. The molecular formula is C23H25N3O3. The molecule has 0 aromatic heterocycles. The van der Waals surface area contributed by atoms with E-state index in [9.17, 15) is 14.4 Å². The Morgan fingerprint density at radius 2 is 1.72 bits per heavy atom. The number of hydrogen-bond donors (Lipinski definition) is 1. The van der Waals surface area contributed by atoms with Crippen LogP contribution in [0.25, 0.3) is 0 Å². The lowest BCUT2D eigenvalue weighted by atomic mass is 10.1. The predicted molar refractivity (Wildman–Crippen MR) is 110 cm³/mol. The van der Waals surface area contributed by atoms with Crippen molar-refractivity contribution in [2.24, 2.45) is 0 Å². The van der Waals surface area contributed by atoms with Crippen molar-refractivity contribution in [3.63, 3.8) is 0 Å². The van der Waals surface area contributed by atoms with Crippen LogP contribution in [0.2, 0.25) is 0 Å². The number of anilines is 1. The Hall–Kier alpha value is -3.15. The second kappa shape index (κ2) is 8.07. The molecule has 6 heteroatoms. The Morgan fingerprint density at radius 1 is 1.03 bits per heavy atom. The Balaban J connectivity index is 1.39. The Kier molecular flexibility index (Phi) is 5.34. The average Bonchev–Trinajstić information content (AvgIpc) is 3.24. The summed E-state index contributed by atoms with van der Waals surface area (Å²) < 4.78 is 0. The van der Waals surface area contributed by atoms with Crippen molar-refractivity contribution >= 4 is 23.4 Å². The highest BCUT2D eigenvalue weighted by Crippen LogP contribution is 2.24. The molecule has 1 atom stereocenters. The van der Waals surface area contributed by atoms with Gasteiger partial charge in [0, 0.05) is 24.3 Å². The van der Waals surface area contributed by atoms with Crippen molar-refractivity contribution in [1.29, 1.82) is 0 Å². The number of hydrogen-bond acceptors (Lipinski definition) is 3. The van der Waals surface area contributed by atoms with E-state index in [2.05, 4.69) is 12.2 Å². The summed E-state index contributed by atoms with van der Waals surface area (Å²) >= 11 is 0. The Labute approximate surface area is 170 Å². The minimum Gasteiger partial charge on any atom is -0.329 e. The molecule has 29 heavy (non-hydrogen) atoms. The standard InChI is InChI=1S/C23H25N3O3/c1-2-16-7-11-19(12-8-16)24-22(28)18-9-5-17(6-10-18)14-25-15-21(27)26-13-3-4-20(26)23(25)29/h5-12,20H,2-4,13-15H2,1H3,(H,24,28)/t20-/m1/s1. The van der Waals surface area contributed by atoms with E-state index in [0.29, 0.717) is 18.7 Å². The number of fused-ring (bicyclic) bond motifs is 1. The van der Waals surface area contributed by atoms with Gasteiger partial charge in [-0.3, -0.25) is 14.4 Å². The lowest BCUT2D eigenvalue weighted by Gasteiger charge is -2.36. The minimum atomic E-state index is -0.291. The first-order valence-corrected chi connectivity index (χ1v) is 10.1. The highest BCUT2D eigenvalue weighted by Gasteiger charge is 2.41. The van der Waals surface area contributed by atoms with Gasteiger partial charge in [0.15, 0.2) is 0 Å². The first-order chi connectivity index (χ1) is 14.0. The second-order valence-corrected chi connectivity index (χ2v) is 7.64. The molecule has 2 fully saturated rings. The summed E-state index contributed by atoms with van der Waals surface area (Å²) in [5.41, 5.74) is 3.44. The van der Waals surface area contributed by atoms with Gasteiger partial charge in [-0.1, -0.05) is 31.2 Å². The first-order valence-electron chi connectivity index (χ1n) is 10.1. The molecule has 2 heterocycles. The van der Waals surface area contributed by atoms with Crippen LogP contribution in [0.1, 0.15) is 41.3 Å². The number of nitrogens with one attached hydrogen (secondary N) is 1. The van der Waals surface area contributed by atoms with Gasteiger partial charge in [-0.25, -0.2) is 0 Å². The maximum Gasteiger partial charge on any atom is 0.255 e. The topological polar surface area (TPSA) is 69.7 Å². The van der Waals surface area contributed by atoms with E-state index < -0.39 is 0 Å². The van der Waals surface area contributed by atoms with Crippen LogP contribution in [0.3, 0.4) is 0 Å². The molecule has 4 rings (SSSR count). The zero-order valence-electron chi connectivity index (χ0n) is 16.6. The third kappa shape index (κ3) is 4.01. The van der Waals surface area contributed by atoms with E-state index in [4.69, 9.17) is 0 Å². The number of carbonyl (C=O) groups is 3. The molecule has 3 amide bonds. The molecular weight excluding hydrogens is 366 g/mol. The molecule has 2 aromatic rings. The predicted octanol–water partition coefficient (Wildman–Crippen LogP) is 2.83. The van der Waals surface area contributed by atoms with Gasteiger partial charge in [-0.2, -0.15) is 0 Å². The summed E-state index contributed by atoms with van der Waals surface area (Å²) in [6.45, 7) is 3.29. The molecule has 2 saturated heterocycles. The molecule has 6 nitrogen and oxygen atoms in total. The third-order valence-corrected chi connectivity index (χ3v) is 5.71. The monoisotopic (exact) mass is 391 g/mol. The molecule has 0 saturated carbocycles. The summed E-state index contributed by atoms with van der Waals surface area (Å²) in [6.07, 6.45) is 2.60. The number of nitrogens with zero attached hydrogens (tertiary/aromatic N) is 2. The van der Waals surface area contributed by atoms with E-state index in [-0.39, 0.29) is 30.3 Å². The van der Waals surface area contributed by atoms with Gasteiger partial charge >= 0.3 is 0 Å². The second-order valence-electron chi connectivity index (χ2n) is 7.64. The van der Waals surface area contributed by atoms with E-state index in [0.717, 1.165) is 30.5 Å². The molecule has 0 radical (unpaired) electrons. The van der Waals surface area contributed by atoms with Gasteiger partial charge in [0.05, 0.1) is 0 Å². The minimum absolute atomic E-state index is 0.0252.